The molecule has 3 nitrogen and oxygen atoms in total. The van der Waals surface area contributed by atoms with Gasteiger partial charge in [0, 0.05) is 11.4 Å². The molecule has 0 saturated carbocycles. The molecule has 0 unspecified atom stereocenters. The molecule has 0 aliphatic carbocycles. The van der Waals surface area contributed by atoms with Gasteiger partial charge in [0.05, 0.1) is 12.0 Å². The molecule has 0 atom stereocenters. The number of aryl methyl sites for hydroxylation is 1. The van der Waals surface area contributed by atoms with Crippen LogP contribution in [-0.4, -0.2) is 19.6 Å². The molecule has 19 heavy (non-hydrogen) atoms. The topological polar surface area (TPSA) is 38.3 Å². The maximum Gasteiger partial charge on any atom is 0.261 e. The van der Waals surface area contributed by atoms with Gasteiger partial charge in [-0.25, -0.2) is 0 Å². The first-order valence-corrected chi connectivity index (χ1v) is 7.00. The molecule has 100 valence electrons. The average Bonchev–Trinajstić information content (AvgIpc) is 2.81. The highest BCUT2D eigenvalue weighted by molar-refractivity contribution is 7.14. The summed E-state index contributed by atoms with van der Waals surface area (Å²) in [5.74, 6) is 0.830. The lowest BCUT2D eigenvalue weighted by atomic mass is 10.1. The summed E-state index contributed by atoms with van der Waals surface area (Å²) in [5.41, 5.74) is 2.21. The van der Waals surface area contributed by atoms with E-state index in [0.29, 0.717) is 6.54 Å². The normalized spacial score (nSPS) is 10.3. The van der Waals surface area contributed by atoms with Crippen LogP contribution in [0.2, 0.25) is 0 Å². The Hall–Kier alpha value is -1.81. The van der Waals surface area contributed by atoms with Crippen molar-refractivity contribution in [2.45, 2.75) is 13.8 Å². The smallest absolute Gasteiger partial charge is 0.261 e. The van der Waals surface area contributed by atoms with E-state index < -0.39 is 0 Å². The minimum Gasteiger partial charge on any atom is -0.497 e. The Morgan fingerprint density at radius 3 is 2.58 bits per heavy atom. The van der Waals surface area contributed by atoms with E-state index in [1.165, 1.54) is 11.3 Å². The van der Waals surface area contributed by atoms with Crippen LogP contribution in [0.25, 0.3) is 11.1 Å². The second-order valence-corrected chi connectivity index (χ2v) is 5.42. The summed E-state index contributed by atoms with van der Waals surface area (Å²) in [7, 11) is 1.65. The molecule has 2 aromatic rings. The summed E-state index contributed by atoms with van der Waals surface area (Å²) >= 11 is 1.52. The zero-order valence-electron chi connectivity index (χ0n) is 11.3. The quantitative estimate of drug-likeness (QED) is 0.927. The standard InChI is InChI=1S/C15H17NO2S/c1-4-16-15(17)14-9-13(10(2)19-14)11-5-7-12(18-3)8-6-11/h5-9H,4H2,1-3H3,(H,16,17). The molecule has 1 N–H and O–H groups in total. The largest absolute Gasteiger partial charge is 0.497 e. The molecule has 4 heteroatoms. The lowest BCUT2D eigenvalue weighted by molar-refractivity contribution is 0.0960. The van der Waals surface area contributed by atoms with E-state index in [1.807, 2.05) is 44.2 Å². The van der Waals surface area contributed by atoms with E-state index in [0.717, 1.165) is 26.6 Å². The molecule has 1 aromatic carbocycles. The van der Waals surface area contributed by atoms with Crippen molar-refractivity contribution in [3.05, 3.63) is 40.1 Å². The molecule has 0 fully saturated rings. The van der Waals surface area contributed by atoms with E-state index in [2.05, 4.69) is 5.32 Å². The lowest BCUT2D eigenvalue weighted by Gasteiger charge is -2.02. The Bertz CT molecular complexity index is 572. The Morgan fingerprint density at radius 1 is 1.32 bits per heavy atom. The number of amides is 1. The van der Waals surface area contributed by atoms with Crippen molar-refractivity contribution in [1.29, 1.82) is 0 Å². The molecule has 0 bridgehead atoms. The van der Waals surface area contributed by atoms with Crippen molar-refractivity contribution < 1.29 is 9.53 Å². The number of rotatable bonds is 4. The monoisotopic (exact) mass is 275 g/mol. The fourth-order valence-corrected chi connectivity index (χ4v) is 2.86. The van der Waals surface area contributed by atoms with Crippen LogP contribution in [0.3, 0.4) is 0 Å². The van der Waals surface area contributed by atoms with Crippen LogP contribution in [0.5, 0.6) is 5.75 Å². The average molecular weight is 275 g/mol. The highest BCUT2D eigenvalue weighted by Gasteiger charge is 2.12. The number of benzene rings is 1. The number of carbonyl (C=O) groups is 1. The van der Waals surface area contributed by atoms with Gasteiger partial charge in [-0.05, 0) is 43.2 Å². The number of carbonyl (C=O) groups excluding carboxylic acids is 1. The van der Waals surface area contributed by atoms with Crippen LogP contribution in [0, 0.1) is 6.92 Å². The Morgan fingerprint density at radius 2 is 2.00 bits per heavy atom. The van der Waals surface area contributed by atoms with Crippen LogP contribution < -0.4 is 10.1 Å². The summed E-state index contributed by atoms with van der Waals surface area (Å²) in [4.78, 5) is 13.7. The molecular formula is C15H17NO2S. The van der Waals surface area contributed by atoms with Crippen molar-refractivity contribution in [1.82, 2.24) is 5.32 Å². The van der Waals surface area contributed by atoms with Gasteiger partial charge in [-0.1, -0.05) is 12.1 Å². The first-order chi connectivity index (χ1) is 9.15. The van der Waals surface area contributed by atoms with E-state index in [-0.39, 0.29) is 5.91 Å². The van der Waals surface area contributed by atoms with Crippen LogP contribution in [0.4, 0.5) is 0 Å². The summed E-state index contributed by atoms with van der Waals surface area (Å²) in [6.45, 7) is 4.60. The fraction of sp³-hybridized carbons (Fsp3) is 0.267. The van der Waals surface area contributed by atoms with Gasteiger partial charge in [-0.15, -0.1) is 11.3 Å². The van der Waals surface area contributed by atoms with Crippen molar-refractivity contribution >= 4 is 17.2 Å². The van der Waals surface area contributed by atoms with Gasteiger partial charge in [-0.3, -0.25) is 4.79 Å². The third-order valence-electron chi connectivity index (χ3n) is 2.88. The zero-order chi connectivity index (χ0) is 13.8. The number of thiophene rings is 1. The van der Waals surface area contributed by atoms with E-state index in [1.54, 1.807) is 7.11 Å². The highest BCUT2D eigenvalue weighted by Crippen LogP contribution is 2.31. The molecule has 2 rings (SSSR count). The van der Waals surface area contributed by atoms with Gasteiger partial charge in [0.25, 0.3) is 5.91 Å². The van der Waals surface area contributed by atoms with Crippen molar-refractivity contribution in [2.24, 2.45) is 0 Å². The van der Waals surface area contributed by atoms with E-state index in [4.69, 9.17) is 4.74 Å². The zero-order valence-corrected chi connectivity index (χ0v) is 12.1. The van der Waals surface area contributed by atoms with Gasteiger partial charge >= 0.3 is 0 Å². The van der Waals surface area contributed by atoms with E-state index in [9.17, 15) is 4.79 Å². The minimum absolute atomic E-state index is 0.00429. The lowest BCUT2D eigenvalue weighted by Crippen LogP contribution is -2.21. The van der Waals surface area contributed by atoms with Gasteiger partial charge < -0.3 is 10.1 Å². The summed E-state index contributed by atoms with van der Waals surface area (Å²) in [5, 5.41) is 2.82. The van der Waals surface area contributed by atoms with Gasteiger partial charge in [0.2, 0.25) is 0 Å². The third kappa shape index (κ3) is 2.96. The van der Waals surface area contributed by atoms with E-state index >= 15 is 0 Å². The first-order valence-electron chi connectivity index (χ1n) is 6.18. The molecular weight excluding hydrogens is 258 g/mol. The summed E-state index contributed by atoms with van der Waals surface area (Å²) in [6, 6.07) is 9.83. The summed E-state index contributed by atoms with van der Waals surface area (Å²) in [6.07, 6.45) is 0. The van der Waals surface area contributed by atoms with Crippen molar-refractivity contribution in [2.75, 3.05) is 13.7 Å². The van der Waals surface area contributed by atoms with Crippen molar-refractivity contribution in [3.8, 4) is 16.9 Å². The molecule has 0 spiro atoms. The number of methoxy groups -OCH3 is 1. The highest BCUT2D eigenvalue weighted by atomic mass is 32.1. The maximum absolute atomic E-state index is 11.8. The molecule has 1 amide bonds. The number of hydrogen-bond acceptors (Lipinski definition) is 3. The second kappa shape index (κ2) is 5.89. The third-order valence-corrected chi connectivity index (χ3v) is 3.93. The molecule has 0 aliphatic heterocycles. The molecule has 0 saturated heterocycles. The predicted molar refractivity (Wildman–Crippen MR) is 79.1 cm³/mol. The molecule has 0 radical (unpaired) electrons. The van der Waals surface area contributed by atoms with Crippen LogP contribution in [-0.2, 0) is 0 Å². The number of ether oxygens (including phenoxy) is 1. The van der Waals surface area contributed by atoms with Gasteiger partial charge in [-0.2, -0.15) is 0 Å². The predicted octanol–water partition coefficient (Wildman–Crippen LogP) is 3.48. The van der Waals surface area contributed by atoms with Crippen molar-refractivity contribution in [3.63, 3.8) is 0 Å². The van der Waals surface area contributed by atoms with Crippen LogP contribution in [0.1, 0.15) is 21.5 Å². The number of nitrogens with one attached hydrogen (secondary N) is 1. The SMILES string of the molecule is CCNC(=O)c1cc(-c2ccc(OC)cc2)c(C)s1. The number of hydrogen-bond donors (Lipinski definition) is 1. The maximum atomic E-state index is 11.8. The first kappa shape index (κ1) is 13.6. The molecule has 0 aliphatic rings. The molecule has 1 heterocycles. The van der Waals surface area contributed by atoms with Gasteiger partial charge in [0.15, 0.2) is 0 Å². The van der Waals surface area contributed by atoms with Crippen LogP contribution in [0.15, 0.2) is 30.3 Å². The van der Waals surface area contributed by atoms with Crippen LogP contribution >= 0.6 is 11.3 Å². The summed E-state index contributed by atoms with van der Waals surface area (Å²) < 4.78 is 5.15. The Balaban J connectivity index is 2.31. The fourth-order valence-electron chi connectivity index (χ4n) is 1.90. The Kier molecular flexibility index (Phi) is 4.22. The molecule has 1 aromatic heterocycles. The minimum atomic E-state index is -0.00429. The second-order valence-electron chi connectivity index (χ2n) is 4.17. The Labute approximate surface area is 117 Å². The van der Waals surface area contributed by atoms with Gasteiger partial charge in [0.1, 0.15) is 5.75 Å².